The van der Waals surface area contributed by atoms with Crippen molar-refractivity contribution in [3.63, 3.8) is 0 Å². The Labute approximate surface area is 119 Å². The lowest BCUT2D eigenvalue weighted by Gasteiger charge is -2.29. The van der Waals surface area contributed by atoms with E-state index in [-0.39, 0.29) is 0 Å². The maximum absolute atomic E-state index is 4.43. The summed E-state index contributed by atoms with van der Waals surface area (Å²) in [5, 5.41) is 7.66. The Hall–Kier alpha value is -1.88. The molecule has 106 valence electrons. The second-order valence-electron chi connectivity index (χ2n) is 5.51. The van der Waals surface area contributed by atoms with Crippen LogP contribution >= 0.6 is 0 Å². The number of hydrogen-bond acceptors (Lipinski definition) is 4. The molecule has 1 saturated heterocycles. The Kier molecular flexibility index (Phi) is 3.97. The van der Waals surface area contributed by atoms with E-state index in [4.69, 9.17) is 0 Å². The van der Waals surface area contributed by atoms with E-state index in [9.17, 15) is 0 Å². The minimum absolute atomic E-state index is 0.736. The van der Waals surface area contributed by atoms with Crippen LogP contribution in [0.1, 0.15) is 12.8 Å². The fraction of sp³-hybridized carbons (Fsp3) is 0.467. The average Bonchev–Trinajstić information content (AvgIpc) is 3.00. The quantitative estimate of drug-likeness (QED) is 0.924. The van der Waals surface area contributed by atoms with Gasteiger partial charge in [-0.15, -0.1) is 0 Å². The minimum atomic E-state index is 0.736. The van der Waals surface area contributed by atoms with Gasteiger partial charge >= 0.3 is 0 Å². The van der Waals surface area contributed by atoms with Crippen LogP contribution in [0.15, 0.2) is 36.8 Å². The molecule has 0 aliphatic carbocycles. The smallest absolute Gasteiger partial charge is 0.153 e. The van der Waals surface area contributed by atoms with E-state index in [1.54, 1.807) is 10.9 Å². The minimum Gasteiger partial charge on any atom is -0.383 e. The molecule has 5 nitrogen and oxygen atoms in total. The first-order valence-electron chi connectivity index (χ1n) is 7.20. The standard InChI is InChI=1S/C15H21N5/c1-19-8-2-4-13(12-19)10-16-14-5-6-15(17-11-14)20-9-3-7-18-20/h3,5-7,9,11,13,16H,2,4,8,10,12H2,1H3. The number of piperidine rings is 1. The summed E-state index contributed by atoms with van der Waals surface area (Å²) in [6.07, 6.45) is 8.15. The lowest BCUT2D eigenvalue weighted by atomic mass is 9.98. The number of nitrogens with one attached hydrogen (secondary N) is 1. The molecule has 5 heteroatoms. The van der Waals surface area contributed by atoms with Crippen LogP contribution in [0.25, 0.3) is 5.82 Å². The van der Waals surface area contributed by atoms with Crippen molar-refractivity contribution >= 4 is 5.69 Å². The van der Waals surface area contributed by atoms with Gasteiger partial charge in [0, 0.05) is 25.5 Å². The zero-order valence-corrected chi connectivity index (χ0v) is 11.9. The Morgan fingerprint density at radius 2 is 2.35 bits per heavy atom. The molecular formula is C15H21N5. The summed E-state index contributed by atoms with van der Waals surface area (Å²) in [6, 6.07) is 5.95. The summed E-state index contributed by atoms with van der Waals surface area (Å²) in [4.78, 5) is 6.84. The maximum Gasteiger partial charge on any atom is 0.153 e. The van der Waals surface area contributed by atoms with Gasteiger partial charge in [-0.2, -0.15) is 5.10 Å². The highest BCUT2D eigenvalue weighted by molar-refractivity contribution is 5.43. The molecule has 20 heavy (non-hydrogen) atoms. The first kappa shape index (κ1) is 13.1. The highest BCUT2D eigenvalue weighted by atomic mass is 15.3. The third-order valence-corrected chi connectivity index (χ3v) is 3.80. The summed E-state index contributed by atoms with van der Waals surface area (Å²) in [5.41, 5.74) is 1.08. The normalized spacial score (nSPS) is 19.9. The van der Waals surface area contributed by atoms with E-state index in [1.165, 1.54) is 25.9 Å². The van der Waals surface area contributed by atoms with Crippen molar-refractivity contribution in [1.82, 2.24) is 19.7 Å². The van der Waals surface area contributed by atoms with Crippen LogP contribution in [-0.2, 0) is 0 Å². The Balaban J connectivity index is 1.56. The second-order valence-corrected chi connectivity index (χ2v) is 5.51. The third kappa shape index (κ3) is 3.17. The van der Waals surface area contributed by atoms with Gasteiger partial charge in [0.15, 0.2) is 5.82 Å². The van der Waals surface area contributed by atoms with Gasteiger partial charge in [0.05, 0.1) is 11.9 Å². The number of anilines is 1. The van der Waals surface area contributed by atoms with Crippen molar-refractivity contribution in [2.24, 2.45) is 5.92 Å². The molecule has 2 aromatic rings. The van der Waals surface area contributed by atoms with Gasteiger partial charge in [-0.05, 0) is 50.6 Å². The molecule has 1 aliphatic rings. The lowest BCUT2D eigenvalue weighted by Crippen LogP contribution is -2.35. The highest BCUT2D eigenvalue weighted by Gasteiger charge is 2.16. The van der Waals surface area contributed by atoms with Crippen LogP contribution in [0.5, 0.6) is 0 Å². The van der Waals surface area contributed by atoms with Gasteiger partial charge in [0.2, 0.25) is 0 Å². The van der Waals surface area contributed by atoms with E-state index in [1.807, 2.05) is 24.5 Å². The van der Waals surface area contributed by atoms with Gasteiger partial charge in [0.25, 0.3) is 0 Å². The van der Waals surface area contributed by atoms with Crippen LogP contribution < -0.4 is 5.32 Å². The zero-order valence-electron chi connectivity index (χ0n) is 11.9. The van der Waals surface area contributed by atoms with E-state index < -0.39 is 0 Å². The fourth-order valence-corrected chi connectivity index (χ4v) is 2.73. The van der Waals surface area contributed by atoms with Gasteiger partial charge in [0.1, 0.15) is 0 Å². The Morgan fingerprint density at radius 1 is 1.40 bits per heavy atom. The van der Waals surface area contributed by atoms with E-state index >= 15 is 0 Å². The molecule has 1 unspecified atom stereocenters. The largest absolute Gasteiger partial charge is 0.383 e. The summed E-state index contributed by atoms with van der Waals surface area (Å²) in [7, 11) is 2.20. The van der Waals surface area contributed by atoms with Crippen molar-refractivity contribution in [1.29, 1.82) is 0 Å². The van der Waals surface area contributed by atoms with Crippen molar-refractivity contribution in [3.8, 4) is 5.82 Å². The molecule has 1 aliphatic heterocycles. The van der Waals surface area contributed by atoms with Gasteiger partial charge in [-0.1, -0.05) is 0 Å². The molecule has 3 heterocycles. The predicted molar refractivity (Wildman–Crippen MR) is 80.1 cm³/mol. The number of pyridine rings is 1. The van der Waals surface area contributed by atoms with Crippen molar-refractivity contribution in [2.45, 2.75) is 12.8 Å². The molecule has 0 amide bonds. The van der Waals surface area contributed by atoms with Crippen LogP contribution in [-0.4, -0.2) is 46.3 Å². The summed E-state index contributed by atoms with van der Waals surface area (Å²) in [5.74, 6) is 1.58. The SMILES string of the molecule is CN1CCCC(CNc2ccc(-n3cccn3)nc2)C1. The van der Waals surface area contributed by atoms with Gasteiger partial charge in [-0.25, -0.2) is 9.67 Å². The first-order chi connectivity index (χ1) is 9.81. The summed E-state index contributed by atoms with van der Waals surface area (Å²) >= 11 is 0. The number of hydrogen-bond donors (Lipinski definition) is 1. The molecule has 0 saturated carbocycles. The zero-order chi connectivity index (χ0) is 13.8. The molecule has 0 bridgehead atoms. The predicted octanol–water partition coefficient (Wildman–Crippen LogP) is 2.02. The van der Waals surface area contributed by atoms with Gasteiger partial charge < -0.3 is 10.2 Å². The molecule has 1 fully saturated rings. The number of nitrogens with zero attached hydrogens (tertiary/aromatic N) is 4. The van der Waals surface area contributed by atoms with Crippen molar-refractivity contribution < 1.29 is 0 Å². The number of rotatable bonds is 4. The fourth-order valence-electron chi connectivity index (χ4n) is 2.73. The number of aromatic nitrogens is 3. The molecule has 0 aromatic carbocycles. The number of likely N-dealkylation sites (tertiary alicyclic amines) is 1. The molecule has 1 atom stereocenters. The van der Waals surface area contributed by atoms with Crippen LogP contribution in [0, 0.1) is 5.92 Å². The lowest BCUT2D eigenvalue weighted by molar-refractivity contribution is 0.217. The maximum atomic E-state index is 4.43. The third-order valence-electron chi connectivity index (χ3n) is 3.80. The molecule has 1 N–H and O–H groups in total. The summed E-state index contributed by atoms with van der Waals surface area (Å²) < 4.78 is 1.76. The van der Waals surface area contributed by atoms with Crippen molar-refractivity contribution in [2.75, 3.05) is 32.0 Å². The average molecular weight is 271 g/mol. The Bertz CT molecular complexity index is 520. The molecular weight excluding hydrogens is 250 g/mol. The highest BCUT2D eigenvalue weighted by Crippen LogP contribution is 2.16. The molecule has 2 aromatic heterocycles. The van der Waals surface area contributed by atoms with Crippen molar-refractivity contribution in [3.05, 3.63) is 36.8 Å². The van der Waals surface area contributed by atoms with Crippen LogP contribution in [0.4, 0.5) is 5.69 Å². The first-order valence-corrected chi connectivity index (χ1v) is 7.20. The second kappa shape index (κ2) is 6.05. The monoisotopic (exact) mass is 271 g/mol. The molecule has 0 spiro atoms. The van der Waals surface area contributed by atoms with E-state index in [2.05, 4.69) is 33.4 Å². The van der Waals surface area contributed by atoms with E-state index in [0.717, 1.165) is 24.0 Å². The Morgan fingerprint density at radius 3 is 3.05 bits per heavy atom. The summed E-state index contributed by atoms with van der Waals surface area (Å²) in [6.45, 7) is 3.44. The van der Waals surface area contributed by atoms with Crippen LogP contribution in [0.2, 0.25) is 0 Å². The molecule has 3 rings (SSSR count). The topological polar surface area (TPSA) is 46.0 Å². The van der Waals surface area contributed by atoms with Gasteiger partial charge in [-0.3, -0.25) is 0 Å². The van der Waals surface area contributed by atoms with E-state index in [0.29, 0.717) is 0 Å². The van der Waals surface area contributed by atoms with Crippen LogP contribution in [0.3, 0.4) is 0 Å². The molecule has 0 radical (unpaired) electrons.